The zero-order valence-electron chi connectivity index (χ0n) is 17.8. The van der Waals surface area contributed by atoms with E-state index in [2.05, 4.69) is 10.3 Å². The van der Waals surface area contributed by atoms with Crippen LogP contribution in [0.2, 0.25) is 0 Å². The number of carbonyl (C=O) groups excluding carboxylic acids is 1. The van der Waals surface area contributed by atoms with Crippen molar-refractivity contribution in [2.45, 2.75) is 32.5 Å². The Labute approximate surface area is 186 Å². The van der Waals surface area contributed by atoms with Gasteiger partial charge in [-0.15, -0.1) is 0 Å². The number of rotatable bonds is 6. The van der Waals surface area contributed by atoms with E-state index in [-0.39, 0.29) is 16.4 Å². The zero-order chi connectivity index (χ0) is 24.5. The van der Waals surface area contributed by atoms with Gasteiger partial charge in [-0.2, -0.15) is 13.2 Å². The van der Waals surface area contributed by atoms with Crippen LogP contribution >= 0.6 is 11.3 Å². The number of allylic oxidation sites excluding steroid dienone is 4. The zero-order valence-corrected chi connectivity index (χ0v) is 18.6. The number of anilines is 1. The molecule has 1 heterocycles. The Morgan fingerprint density at radius 1 is 1.16 bits per heavy atom. The van der Waals surface area contributed by atoms with Crippen molar-refractivity contribution in [1.82, 2.24) is 4.98 Å². The van der Waals surface area contributed by atoms with Crippen molar-refractivity contribution < 1.29 is 31.9 Å². The lowest BCUT2D eigenvalue weighted by Crippen LogP contribution is -2.18. The highest BCUT2D eigenvalue weighted by Crippen LogP contribution is 2.40. The molecule has 2 N–H and O–H groups in total. The Balaban J connectivity index is 0.00000249. The first-order chi connectivity index (χ1) is 14.9. The van der Waals surface area contributed by atoms with Crippen LogP contribution in [0.1, 0.15) is 32.0 Å². The van der Waals surface area contributed by atoms with E-state index < -0.39 is 23.2 Å². The molecule has 1 amide bonds. The van der Waals surface area contributed by atoms with Gasteiger partial charge < -0.3 is 5.11 Å². The molecular formula is C22H23F5N2O2S. The number of amides is 1. The third kappa shape index (κ3) is 7.69. The van der Waals surface area contributed by atoms with E-state index in [1.807, 2.05) is 0 Å². The summed E-state index contributed by atoms with van der Waals surface area (Å²) >= 11 is 0.960. The number of thiazole rings is 1. The molecule has 0 spiro atoms. The summed E-state index contributed by atoms with van der Waals surface area (Å²) in [7, 11) is 0.500. The van der Waals surface area contributed by atoms with Crippen LogP contribution < -0.4 is 5.32 Å². The molecule has 0 atom stereocenters. The highest BCUT2D eigenvalue weighted by Gasteiger charge is 2.32. The monoisotopic (exact) mass is 474 g/mol. The second-order valence-electron chi connectivity index (χ2n) is 6.84. The van der Waals surface area contributed by atoms with Crippen molar-refractivity contribution in [1.29, 1.82) is 0 Å². The predicted molar refractivity (Wildman–Crippen MR) is 117 cm³/mol. The first-order valence-corrected chi connectivity index (χ1v) is 9.96. The van der Waals surface area contributed by atoms with Crippen molar-refractivity contribution in [3.63, 3.8) is 0 Å². The third-order valence-corrected chi connectivity index (χ3v) is 4.90. The highest BCUT2D eigenvalue weighted by atomic mass is 32.1. The van der Waals surface area contributed by atoms with Crippen molar-refractivity contribution >= 4 is 22.4 Å². The van der Waals surface area contributed by atoms with Crippen LogP contribution in [0.25, 0.3) is 10.4 Å². The minimum atomic E-state index is -4.51. The molecule has 4 nitrogen and oxygen atoms in total. The van der Waals surface area contributed by atoms with Crippen molar-refractivity contribution in [3.05, 3.63) is 71.7 Å². The van der Waals surface area contributed by atoms with E-state index in [9.17, 15) is 31.9 Å². The Hall–Kier alpha value is -2.85. The van der Waals surface area contributed by atoms with Crippen LogP contribution in [0.5, 0.6) is 0 Å². The predicted octanol–water partition coefficient (Wildman–Crippen LogP) is 6.57. The summed E-state index contributed by atoms with van der Waals surface area (Å²) in [6, 6.07) is 4.69. The number of carbonyl (C=O) groups is 1. The highest BCUT2D eigenvalue weighted by molar-refractivity contribution is 7.19. The molecule has 1 aromatic heterocycles. The molecule has 0 aliphatic carbocycles. The number of hydrogen-bond acceptors (Lipinski definition) is 4. The SMILES string of the molecule is CF.C\C(=C/C=C\C=C\F)C(=O)Nc1nc(C(C)(C)O)c(-c2cccc(C(F)(F)F)c2)s1. The largest absolute Gasteiger partial charge is 0.416 e. The molecule has 2 rings (SSSR count). The van der Waals surface area contributed by atoms with Gasteiger partial charge in [-0.05, 0) is 44.5 Å². The van der Waals surface area contributed by atoms with Crippen molar-refractivity contribution in [2.24, 2.45) is 0 Å². The van der Waals surface area contributed by atoms with Crippen LogP contribution in [0.15, 0.2) is 60.5 Å². The minimum absolute atomic E-state index is 0.130. The fraction of sp³-hybridized carbons (Fsp3) is 0.273. The first kappa shape index (κ1) is 27.2. The Morgan fingerprint density at radius 3 is 2.38 bits per heavy atom. The van der Waals surface area contributed by atoms with Crippen LogP contribution in [0, 0.1) is 0 Å². The number of benzene rings is 1. The van der Waals surface area contributed by atoms with E-state index in [1.165, 1.54) is 51.1 Å². The maximum absolute atomic E-state index is 13.1. The Kier molecular flexibility index (Phi) is 9.92. The molecule has 0 bridgehead atoms. The van der Waals surface area contributed by atoms with E-state index in [1.54, 1.807) is 0 Å². The van der Waals surface area contributed by atoms with Gasteiger partial charge >= 0.3 is 6.18 Å². The van der Waals surface area contributed by atoms with Gasteiger partial charge in [0.05, 0.1) is 29.6 Å². The van der Waals surface area contributed by atoms with Crippen LogP contribution in [-0.4, -0.2) is 23.2 Å². The summed E-state index contributed by atoms with van der Waals surface area (Å²) in [5.41, 5.74) is -1.59. The maximum atomic E-state index is 13.1. The third-order valence-electron chi connectivity index (χ3n) is 3.88. The number of aromatic nitrogens is 1. The molecule has 10 heteroatoms. The van der Waals surface area contributed by atoms with Gasteiger partial charge in [0.2, 0.25) is 0 Å². The van der Waals surface area contributed by atoms with Crippen LogP contribution in [0.4, 0.5) is 27.1 Å². The van der Waals surface area contributed by atoms with Gasteiger partial charge in [-0.25, -0.2) is 9.37 Å². The van der Waals surface area contributed by atoms with Crippen LogP contribution in [-0.2, 0) is 16.6 Å². The Morgan fingerprint density at radius 2 is 1.81 bits per heavy atom. The molecule has 0 unspecified atom stereocenters. The second kappa shape index (κ2) is 11.7. The molecule has 0 fully saturated rings. The van der Waals surface area contributed by atoms with Gasteiger partial charge in [-0.3, -0.25) is 14.5 Å². The van der Waals surface area contributed by atoms with E-state index in [0.29, 0.717) is 24.0 Å². The molecule has 0 saturated carbocycles. The summed E-state index contributed by atoms with van der Waals surface area (Å²) in [5, 5.41) is 13.1. The lowest BCUT2D eigenvalue weighted by Gasteiger charge is -2.17. The first-order valence-electron chi connectivity index (χ1n) is 9.14. The number of nitrogens with zero attached hydrogens (tertiary/aromatic N) is 1. The second-order valence-corrected chi connectivity index (χ2v) is 7.84. The normalized spacial score (nSPS) is 12.8. The smallest absolute Gasteiger partial charge is 0.384 e. The summed E-state index contributed by atoms with van der Waals surface area (Å²) in [6.45, 7) is 4.45. The lowest BCUT2D eigenvalue weighted by molar-refractivity contribution is -0.137. The molecule has 32 heavy (non-hydrogen) atoms. The van der Waals surface area contributed by atoms with Gasteiger partial charge in [0.25, 0.3) is 5.91 Å². The number of halogens is 5. The number of hydrogen-bond donors (Lipinski definition) is 2. The molecule has 174 valence electrons. The van der Waals surface area contributed by atoms with Gasteiger partial charge in [-0.1, -0.05) is 41.7 Å². The molecule has 0 aliphatic rings. The fourth-order valence-electron chi connectivity index (χ4n) is 2.40. The molecule has 0 aliphatic heterocycles. The van der Waals surface area contributed by atoms with E-state index in [4.69, 9.17) is 0 Å². The molecule has 0 radical (unpaired) electrons. The standard InChI is InChI=1S/C21H20F4N2O2S.CH3F/c1-13(8-5-4-6-11-22)18(28)27-19-26-17(20(2,3)29)16(30-19)14-9-7-10-15(12-14)21(23,24)25;1-2/h4-12,29H,1-3H3,(H,26,27,28);1H3/b5-4-,11-6+,13-8+;. The summed E-state index contributed by atoms with van der Waals surface area (Å²) in [6.07, 6.45) is 1.33. The summed E-state index contributed by atoms with van der Waals surface area (Å²) < 4.78 is 60.6. The van der Waals surface area contributed by atoms with Gasteiger partial charge in [0.15, 0.2) is 5.13 Å². The molecule has 2 aromatic rings. The quantitative estimate of drug-likeness (QED) is 0.283. The number of nitrogens with one attached hydrogen (secondary N) is 1. The van der Waals surface area contributed by atoms with E-state index >= 15 is 0 Å². The van der Waals surface area contributed by atoms with Gasteiger partial charge in [0.1, 0.15) is 5.60 Å². The molecule has 1 aromatic carbocycles. The number of aliphatic hydroxyl groups is 1. The maximum Gasteiger partial charge on any atom is 0.416 e. The van der Waals surface area contributed by atoms with E-state index in [0.717, 1.165) is 29.5 Å². The Bertz CT molecular complexity index is 1000. The van der Waals surface area contributed by atoms with Crippen molar-refractivity contribution in [2.75, 3.05) is 12.5 Å². The average molecular weight is 474 g/mol. The minimum Gasteiger partial charge on any atom is -0.384 e. The van der Waals surface area contributed by atoms with Gasteiger partial charge in [0, 0.05) is 5.57 Å². The van der Waals surface area contributed by atoms with Crippen LogP contribution in [0.3, 0.4) is 0 Å². The topological polar surface area (TPSA) is 62.2 Å². The lowest BCUT2D eigenvalue weighted by atomic mass is 10.00. The summed E-state index contributed by atoms with van der Waals surface area (Å²) in [4.78, 5) is 16.9. The number of alkyl halides is 4. The average Bonchev–Trinajstić information content (AvgIpc) is 3.16. The molecule has 0 saturated heterocycles. The summed E-state index contributed by atoms with van der Waals surface area (Å²) in [5.74, 6) is -0.490. The molecular weight excluding hydrogens is 451 g/mol. The van der Waals surface area contributed by atoms with Crippen molar-refractivity contribution in [3.8, 4) is 10.4 Å². The fourth-order valence-corrected chi connectivity index (χ4v) is 3.51.